The van der Waals surface area contributed by atoms with Crippen LogP contribution in [-0.4, -0.2) is 203 Å². The number of piperidine rings is 1. The lowest BCUT2D eigenvalue weighted by molar-refractivity contribution is -0.100. The lowest BCUT2D eigenvalue weighted by atomic mass is 9.63. The molecular formula is C79H167N5O6. The Hall–Kier alpha value is -0.440. The SMILES string of the molecule is CC(C)N(C)C.CC(C)N(C)C(C)C.CN(C)C.CN(C1CCCCC1)C1CCCCC1.COC1C(C)(C)CCCC1(C)C.COC1C(C)CCCC1C.COC1CCCCC1.COC1CCCCC1(C)C.COC1CCCCC1C.COC1CCN(C)CC1. The number of rotatable bonds is 11. The quantitative estimate of drug-likeness (QED) is 0.199. The predicted octanol–water partition coefficient (Wildman–Crippen LogP) is 19.7. The first-order chi connectivity index (χ1) is 42.2. The Morgan fingerprint density at radius 1 is 0.367 bits per heavy atom. The van der Waals surface area contributed by atoms with E-state index in [0.717, 1.165) is 29.8 Å². The van der Waals surface area contributed by atoms with Crippen LogP contribution in [0.3, 0.4) is 0 Å². The van der Waals surface area contributed by atoms with Crippen LogP contribution in [0.2, 0.25) is 0 Å². The summed E-state index contributed by atoms with van der Waals surface area (Å²) < 4.78 is 32.2. The molecule has 1 saturated heterocycles. The van der Waals surface area contributed by atoms with Crippen molar-refractivity contribution in [2.24, 2.45) is 34.0 Å². The van der Waals surface area contributed by atoms with Gasteiger partial charge in [-0.1, -0.05) is 159 Å². The maximum atomic E-state index is 5.62. The molecule has 0 N–H and O–H groups in total. The Morgan fingerprint density at radius 2 is 0.733 bits per heavy atom. The fourth-order valence-corrected chi connectivity index (χ4v) is 15.0. The molecule has 0 aromatic heterocycles. The summed E-state index contributed by atoms with van der Waals surface area (Å²) in [6.45, 7) is 36.3. The topological polar surface area (TPSA) is 71.6 Å². The van der Waals surface area contributed by atoms with Gasteiger partial charge in [-0.15, -0.1) is 0 Å². The van der Waals surface area contributed by atoms with E-state index in [9.17, 15) is 0 Å². The minimum atomic E-state index is 0.358. The van der Waals surface area contributed by atoms with E-state index in [4.69, 9.17) is 28.4 Å². The summed E-state index contributed by atoms with van der Waals surface area (Å²) in [7, 11) is 27.8. The van der Waals surface area contributed by atoms with Gasteiger partial charge in [0.25, 0.3) is 0 Å². The summed E-state index contributed by atoms with van der Waals surface area (Å²) in [5, 5.41) is 0. The summed E-state index contributed by atoms with van der Waals surface area (Å²) in [6, 6.07) is 3.88. The van der Waals surface area contributed by atoms with Gasteiger partial charge in [0.05, 0.1) is 36.6 Å². The van der Waals surface area contributed by atoms with Crippen LogP contribution in [-0.2, 0) is 28.4 Å². The van der Waals surface area contributed by atoms with Gasteiger partial charge in [0.2, 0.25) is 0 Å². The minimum Gasteiger partial charge on any atom is -0.381 e. The van der Waals surface area contributed by atoms with Crippen LogP contribution < -0.4 is 0 Å². The van der Waals surface area contributed by atoms with E-state index in [0.29, 0.717) is 71.0 Å². The molecule has 0 spiro atoms. The molecule has 0 aromatic rings. The molecule has 0 amide bonds. The van der Waals surface area contributed by atoms with Crippen molar-refractivity contribution in [2.45, 2.75) is 370 Å². The van der Waals surface area contributed by atoms with E-state index < -0.39 is 0 Å². The fraction of sp³-hybridized carbons (Fsp3) is 1.00. The zero-order valence-corrected chi connectivity index (χ0v) is 66.6. The smallest absolute Gasteiger partial charge is 0.0673 e. The molecule has 544 valence electrons. The molecule has 7 saturated carbocycles. The van der Waals surface area contributed by atoms with Crippen LogP contribution in [0.4, 0.5) is 0 Å². The third-order valence-corrected chi connectivity index (χ3v) is 21.9. The third-order valence-electron chi connectivity index (χ3n) is 21.9. The molecule has 1 heterocycles. The number of hydrogen-bond donors (Lipinski definition) is 0. The van der Waals surface area contributed by atoms with Crippen molar-refractivity contribution in [3.8, 4) is 0 Å². The minimum absolute atomic E-state index is 0.358. The normalized spacial score (nSPS) is 26.7. The number of likely N-dealkylation sites (tertiary alicyclic amines) is 1. The third kappa shape index (κ3) is 42.3. The Morgan fingerprint density at radius 3 is 1.01 bits per heavy atom. The standard InChI is InChI=1S/C13H25N.C11H22O.2C9H18O.C8H16O.C7H15NO.C7H17N.C7H14O.C5H13N.C3H9N/c1-14(12-8-4-2-5-9-12)13-10-6-3-7-11-13;1-10(2)7-6-8-11(3,4)9(10)12-5;1-9(2)7-5-4-6-8(9)10-3;1-7-5-4-6-8(2)9(7)10-3;1-7-5-3-4-6-8(7)9-2;1-8-5-3-7(9-2)4-6-8;1-6(2)8(5)7(3)4;1-8-7-5-3-2-4-6-7;1-5(2)6(3)4;1-4(2)3/h12-13H,2-11H2,1H3;9H,6-8H2,1-5H3;8H,4-7H2,1-3H3;7-9H,4-6H2,1-3H3;7-8H,3-6H2,1-2H3;7H,3-6H2,1-2H3;6-7H,1-5H3;7H,2-6H2,1H3;5H,1-4H3;1-3H3. The lowest BCUT2D eigenvalue weighted by Crippen LogP contribution is -2.46. The average molecular weight is 1280 g/mol. The Kier molecular flexibility index (Phi) is 53.6. The van der Waals surface area contributed by atoms with E-state index in [1.807, 2.05) is 61.6 Å². The number of methoxy groups -OCH3 is 6. The summed E-state index contributed by atoms with van der Waals surface area (Å²) in [5.74, 6) is 2.34. The molecular weight excluding hydrogens is 1110 g/mol. The van der Waals surface area contributed by atoms with Gasteiger partial charge in [-0.05, 0) is 235 Å². The Labute approximate surface area is 566 Å². The van der Waals surface area contributed by atoms with Crippen LogP contribution in [0.15, 0.2) is 0 Å². The van der Waals surface area contributed by atoms with Gasteiger partial charge < -0.3 is 52.9 Å². The van der Waals surface area contributed by atoms with Crippen molar-refractivity contribution in [2.75, 3.05) is 112 Å². The van der Waals surface area contributed by atoms with Crippen molar-refractivity contribution >= 4 is 0 Å². The van der Waals surface area contributed by atoms with Crippen LogP contribution in [0, 0.1) is 34.0 Å². The van der Waals surface area contributed by atoms with Crippen molar-refractivity contribution in [3.05, 3.63) is 0 Å². The fourth-order valence-electron chi connectivity index (χ4n) is 15.0. The zero-order chi connectivity index (χ0) is 69.0. The molecule has 0 aromatic carbocycles. The zero-order valence-electron chi connectivity index (χ0n) is 66.6. The monoisotopic (exact) mass is 1280 g/mol. The summed E-state index contributed by atoms with van der Waals surface area (Å²) >= 11 is 0. The second kappa shape index (κ2) is 52.6. The first-order valence-electron chi connectivity index (χ1n) is 37.8. The highest BCUT2D eigenvalue weighted by Crippen LogP contribution is 2.47. The highest BCUT2D eigenvalue weighted by atomic mass is 16.5. The van der Waals surface area contributed by atoms with Gasteiger partial charge in [0.15, 0.2) is 0 Å². The van der Waals surface area contributed by atoms with Gasteiger partial charge in [0.1, 0.15) is 0 Å². The molecule has 7 aliphatic carbocycles. The highest BCUT2D eigenvalue weighted by molar-refractivity contribution is 4.94. The molecule has 5 atom stereocenters. The van der Waals surface area contributed by atoms with E-state index in [2.05, 4.69) is 159 Å². The number of ether oxygens (including phenoxy) is 6. The first kappa shape index (κ1) is 91.6. The number of hydrogen-bond acceptors (Lipinski definition) is 11. The maximum absolute atomic E-state index is 5.62. The molecule has 8 fully saturated rings. The van der Waals surface area contributed by atoms with Gasteiger partial charge in [-0.25, -0.2) is 0 Å². The van der Waals surface area contributed by atoms with Crippen molar-refractivity contribution in [1.29, 1.82) is 0 Å². The van der Waals surface area contributed by atoms with Crippen molar-refractivity contribution in [3.63, 3.8) is 0 Å². The molecule has 0 radical (unpaired) electrons. The van der Waals surface area contributed by atoms with Gasteiger partial charge in [-0.2, -0.15) is 0 Å². The number of nitrogens with zero attached hydrogens (tertiary/aromatic N) is 5. The van der Waals surface area contributed by atoms with E-state index >= 15 is 0 Å². The summed E-state index contributed by atoms with van der Waals surface area (Å²) in [5.41, 5.74) is 1.14. The predicted molar refractivity (Wildman–Crippen MR) is 396 cm³/mol. The molecule has 11 nitrogen and oxygen atoms in total. The van der Waals surface area contributed by atoms with Crippen LogP contribution in [0.25, 0.3) is 0 Å². The van der Waals surface area contributed by atoms with E-state index in [1.165, 1.54) is 212 Å². The molecule has 8 rings (SSSR count). The van der Waals surface area contributed by atoms with Crippen molar-refractivity contribution in [1.82, 2.24) is 24.5 Å². The van der Waals surface area contributed by atoms with Gasteiger partial charge >= 0.3 is 0 Å². The second-order valence-corrected chi connectivity index (χ2v) is 32.8. The molecule has 11 heteroatoms. The largest absolute Gasteiger partial charge is 0.381 e. The van der Waals surface area contributed by atoms with Gasteiger partial charge in [0, 0.05) is 86.0 Å². The highest BCUT2D eigenvalue weighted by Gasteiger charge is 2.44. The van der Waals surface area contributed by atoms with Crippen LogP contribution in [0.5, 0.6) is 0 Å². The Balaban J connectivity index is 0. The molecule has 8 aliphatic rings. The maximum Gasteiger partial charge on any atom is 0.0673 e. The second-order valence-electron chi connectivity index (χ2n) is 32.8. The molecule has 1 aliphatic heterocycles. The summed E-state index contributed by atoms with van der Waals surface area (Å²) in [4.78, 5) is 11.6. The molecule has 0 bridgehead atoms. The lowest BCUT2D eigenvalue weighted by Gasteiger charge is -2.48. The van der Waals surface area contributed by atoms with Gasteiger partial charge in [-0.3, -0.25) is 0 Å². The molecule has 5 unspecified atom stereocenters. The Bertz CT molecular complexity index is 1510. The average Bonchev–Trinajstić information content (AvgIpc) is 0.934. The van der Waals surface area contributed by atoms with Crippen molar-refractivity contribution < 1.29 is 28.4 Å². The van der Waals surface area contributed by atoms with Crippen LogP contribution >= 0.6 is 0 Å². The van der Waals surface area contributed by atoms with Crippen LogP contribution in [0.1, 0.15) is 303 Å². The molecule has 90 heavy (non-hydrogen) atoms. The van der Waals surface area contributed by atoms with E-state index in [1.54, 1.807) is 7.11 Å². The summed E-state index contributed by atoms with van der Waals surface area (Å²) in [6.07, 6.45) is 45.7. The first-order valence-corrected chi connectivity index (χ1v) is 37.8. The van der Waals surface area contributed by atoms with E-state index in [-0.39, 0.29) is 0 Å².